The zero-order chi connectivity index (χ0) is 14.3. The number of halogens is 3. The third kappa shape index (κ3) is 2.56. The van der Waals surface area contributed by atoms with Gasteiger partial charge in [0, 0.05) is 22.0 Å². The summed E-state index contributed by atoms with van der Waals surface area (Å²) in [5.41, 5.74) is 1.59. The van der Waals surface area contributed by atoms with Crippen LogP contribution in [-0.2, 0) is 0 Å². The van der Waals surface area contributed by atoms with E-state index in [1.165, 1.54) is 0 Å². The van der Waals surface area contributed by atoms with Gasteiger partial charge in [0.1, 0.15) is 11.9 Å². The number of ether oxygens (including phenoxy) is 1. The Kier molecular flexibility index (Phi) is 3.95. The maximum atomic E-state index is 10.3. The van der Waals surface area contributed by atoms with Gasteiger partial charge in [-0.15, -0.1) is 0 Å². The Morgan fingerprint density at radius 2 is 1.95 bits per heavy atom. The zero-order valence-corrected chi connectivity index (χ0v) is 13.4. The van der Waals surface area contributed by atoms with Gasteiger partial charge < -0.3 is 9.84 Å². The Morgan fingerprint density at radius 3 is 2.75 bits per heavy atom. The first-order chi connectivity index (χ1) is 9.56. The Balaban J connectivity index is 2.00. The molecule has 0 amide bonds. The first kappa shape index (κ1) is 14.2. The van der Waals surface area contributed by atoms with Gasteiger partial charge in [-0.2, -0.15) is 0 Å². The smallest absolute Gasteiger partial charge is 0.128 e. The van der Waals surface area contributed by atoms with E-state index in [-0.39, 0.29) is 6.10 Å². The average Bonchev–Trinajstić information content (AvgIpc) is 2.41. The SMILES string of the molecule is O[C@H]1CC(c2cccc(Cl)c2Cl)Oc2cc(Br)ccc21. The van der Waals surface area contributed by atoms with Gasteiger partial charge in [-0.3, -0.25) is 0 Å². The Bertz CT molecular complexity index is 660. The molecule has 0 fully saturated rings. The van der Waals surface area contributed by atoms with Gasteiger partial charge in [-0.05, 0) is 18.2 Å². The fraction of sp³-hybridized carbons (Fsp3) is 0.200. The van der Waals surface area contributed by atoms with Gasteiger partial charge in [-0.1, -0.05) is 57.3 Å². The molecule has 2 aromatic carbocycles. The molecule has 1 unspecified atom stereocenters. The Morgan fingerprint density at radius 1 is 1.15 bits per heavy atom. The van der Waals surface area contributed by atoms with Crippen molar-refractivity contribution in [2.24, 2.45) is 0 Å². The first-order valence-corrected chi connectivity index (χ1v) is 7.69. The summed E-state index contributed by atoms with van der Waals surface area (Å²) >= 11 is 15.7. The van der Waals surface area contributed by atoms with Gasteiger partial charge in [0.05, 0.1) is 16.1 Å². The van der Waals surface area contributed by atoms with Crippen molar-refractivity contribution in [3.05, 3.63) is 62.0 Å². The lowest BCUT2D eigenvalue weighted by molar-refractivity contribution is 0.0657. The lowest BCUT2D eigenvalue weighted by Crippen LogP contribution is -2.19. The third-order valence-electron chi connectivity index (χ3n) is 3.37. The second kappa shape index (κ2) is 5.57. The summed E-state index contributed by atoms with van der Waals surface area (Å²) in [6.07, 6.45) is -0.431. The average molecular weight is 374 g/mol. The lowest BCUT2D eigenvalue weighted by Gasteiger charge is -2.30. The van der Waals surface area contributed by atoms with Crippen LogP contribution in [0, 0.1) is 0 Å². The summed E-state index contributed by atoms with van der Waals surface area (Å²) in [5.74, 6) is 0.666. The van der Waals surface area contributed by atoms with Crippen LogP contribution >= 0.6 is 39.1 Å². The van der Waals surface area contributed by atoms with Crippen LogP contribution in [0.3, 0.4) is 0 Å². The highest BCUT2D eigenvalue weighted by atomic mass is 79.9. The van der Waals surface area contributed by atoms with E-state index in [2.05, 4.69) is 15.9 Å². The maximum Gasteiger partial charge on any atom is 0.128 e. The molecule has 1 heterocycles. The van der Waals surface area contributed by atoms with Gasteiger partial charge in [0.25, 0.3) is 0 Å². The number of benzene rings is 2. The summed E-state index contributed by atoms with van der Waals surface area (Å²) in [7, 11) is 0. The van der Waals surface area contributed by atoms with Crippen LogP contribution < -0.4 is 4.74 Å². The summed E-state index contributed by atoms with van der Waals surface area (Å²) in [6.45, 7) is 0. The van der Waals surface area contributed by atoms with Crippen LogP contribution in [0.25, 0.3) is 0 Å². The normalized spacial score (nSPS) is 21.2. The summed E-state index contributed by atoms with van der Waals surface area (Å²) in [6, 6.07) is 11.0. The van der Waals surface area contributed by atoms with Crippen LogP contribution in [0.2, 0.25) is 10.0 Å². The molecule has 1 N–H and O–H groups in total. The number of aliphatic hydroxyl groups is 1. The van der Waals surface area contributed by atoms with Crippen molar-refractivity contribution in [1.82, 2.24) is 0 Å². The minimum absolute atomic E-state index is 0.307. The number of fused-ring (bicyclic) bond motifs is 1. The largest absolute Gasteiger partial charge is 0.485 e. The van der Waals surface area contributed by atoms with E-state index in [1.54, 1.807) is 6.07 Å². The Labute approximate surface area is 135 Å². The van der Waals surface area contributed by atoms with E-state index in [9.17, 15) is 5.11 Å². The van der Waals surface area contributed by atoms with Crippen molar-refractivity contribution in [3.63, 3.8) is 0 Å². The molecular formula is C15H11BrCl2O2. The van der Waals surface area contributed by atoms with E-state index in [0.717, 1.165) is 15.6 Å². The highest BCUT2D eigenvalue weighted by Gasteiger charge is 2.29. The summed E-state index contributed by atoms with van der Waals surface area (Å²) in [5, 5.41) is 11.2. The number of aliphatic hydroxyl groups excluding tert-OH is 1. The molecule has 0 saturated carbocycles. The molecule has 2 atom stereocenters. The van der Waals surface area contributed by atoms with E-state index in [1.807, 2.05) is 30.3 Å². The van der Waals surface area contributed by atoms with Crippen molar-refractivity contribution in [2.75, 3.05) is 0 Å². The Hall–Kier alpha value is -0.740. The molecule has 2 nitrogen and oxygen atoms in total. The molecule has 0 spiro atoms. The van der Waals surface area contributed by atoms with Gasteiger partial charge >= 0.3 is 0 Å². The van der Waals surface area contributed by atoms with Gasteiger partial charge in [0.15, 0.2) is 0 Å². The molecule has 104 valence electrons. The highest BCUT2D eigenvalue weighted by molar-refractivity contribution is 9.10. The quantitative estimate of drug-likeness (QED) is 0.733. The molecular weight excluding hydrogens is 363 g/mol. The van der Waals surface area contributed by atoms with E-state index < -0.39 is 6.10 Å². The van der Waals surface area contributed by atoms with Crippen LogP contribution in [0.15, 0.2) is 40.9 Å². The van der Waals surface area contributed by atoms with E-state index in [4.69, 9.17) is 27.9 Å². The lowest BCUT2D eigenvalue weighted by atomic mass is 9.95. The van der Waals surface area contributed by atoms with Gasteiger partial charge in [-0.25, -0.2) is 0 Å². The number of rotatable bonds is 1. The number of hydrogen-bond donors (Lipinski definition) is 1. The minimum atomic E-state index is -0.577. The van der Waals surface area contributed by atoms with Crippen LogP contribution in [0.4, 0.5) is 0 Å². The molecule has 0 bridgehead atoms. The summed E-state index contributed by atoms with van der Waals surface area (Å²) in [4.78, 5) is 0. The van der Waals surface area contributed by atoms with E-state index in [0.29, 0.717) is 22.2 Å². The molecule has 1 aliphatic rings. The predicted octanol–water partition coefficient (Wildman–Crippen LogP) is 5.31. The van der Waals surface area contributed by atoms with Crippen molar-refractivity contribution >= 4 is 39.1 Å². The molecule has 0 radical (unpaired) electrons. The van der Waals surface area contributed by atoms with Gasteiger partial charge in [0.2, 0.25) is 0 Å². The highest BCUT2D eigenvalue weighted by Crippen LogP contribution is 2.44. The summed E-state index contributed by atoms with van der Waals surface area (Å²) < 4.78 is 6.88. The van der Waals surface area contributed by atoms with Crippen LogP contribution in [0.5, 0.6) is 5.75 Å². The number of hydrogen-bond acceptors (Lipinski definition) is 2. The van der Waals surface area contributed by atoms with Crippen LogP contribution in [-0.4, -0.2) is 5.11 Å². The molecule has 0 aromatic heterocycles. The predicted molar refractivity (Wildman–Crippen MR) is 83.5 cm³/mol. The topological polar surface area (TPSA) is 29.5 Å². The second-order valence-electron chi connectivity index (χ2n) is 4.68. The molecule has 0 aliphatic carbocycles. The molecule has 1 aliphatic heterocycles. The first-order valence-electron chi connectivity index (χ1n) is 6.14. The molecule has 20 heavy (non-hydrogen) atoms. The monoisotopic (exact) mass is 372 g/mol. The maximum absolute atomic E-state index is 10.3. The molecule has 3 rings (SSSR count). The molecule has 5 heteroatoms. The fourth-order valence-electron chi connectivity index (χ4n) is 2.38. The van der Waals surface area contributed by atoms with Crippen molar-refractivity contribution in [2.45, 2.75) is 18.6 Å². The van der Waals surface area contributed by atoms with Crippen molar-refractivity contribution in [1.29, 1.82) is 0 Å². The standard InChI is InChI=1S/C15H11BrCl2O2/c16-8-4-5-9-12(19)7-14(20-13(9)6-8)10-2-1-3-11(17)15(10)18/h1-6,12,14,19H,7H2/t12-,14?/m0/s1. The van der Waals surface area contributed by atoms with Crippen molar-refractivity contribution in [3.8, 4) is 5.75 Å². The zero-order valence-electron chi connectivity index (χ0n) is 10.3. The van der Waals surface area contributed by atoms with E-state index >= 15 is 0 Å². The third-order valence-corrected chi connectivity index (χ3v) is 4.70. The van der Waals surface area contributed by atoms with Crippen molar-refractivity contribution < 1.29 is 9.84 Å². The van der Waals surface area contributed by atoms with Crippen LogP contribution in [0.1, 0.15) is 29.8 Å². The minimum Gasteiger partial charge on any atom is -0.485 e. The fourth-order valence-corrected chi connectivity index (χ4v) is 3.15. The second-order valence-corrected chi connectivity index (χ2v) is 6.38. The molecule has 0 saturated heterocycles. The molecule has 2 aromatic rings.